The fourth-order valence-corrected chi connectivity index (χ4v) is 5.92. The second-order valence-corrected chi connectivity index (χ2v) is 10.9. The Morgan fingerprint density at radius 3 is 2.70 bits per heavy atom. The van der Waals surface area contributed by atoms with Crippen LogP contribution in [0.5, 0.6) is 0 Å². The molecule has 0 bridgehead atoms. The molecule has 4 aromatic rings. The van der Waals surface area contributed by atoms with E-state index in [-0.39, 0.29) is 0 Å². The first-order valence-corrected chi connectivity index (χ1v) is 12.5. The van der Waals surface area contributed by atoms with E-state index in [1.807, 2.05) is 18.2 Å². The molecule has 0 atom stereocenters. The number of hydrogen-bond donors (Lipinski definition) is 2. The second kappa shape index (κ2) is 8.03. The van der Waals surface area contributed by atoms with Crippen LogP contribution in [0.15, 0.2) is 36.4 Å². The molecule has 6 nitrogen and oxygen atoms in total. The van der Waals surface area contributed by atoms with Crippen molar-refractivity contribution < 1.29 is 0 Å². The molecule has 2 saturated heterocycles. The van der Waals surface area contributed by atoms with E-state index in [9.17, 15) is 0 Å². The molecular formula is C26H31ClN6. The third-order valence-corrected chi connectivity index (χ3v) is 7.73. The molecule has 0 amide bonds. The Bertz CT molecular complexity index is 1300. The molecule has 2 aliphatic heterocycles. The summed E-state index contributed by atoms with van der Waals surface area (Å²) in [5, 5.41) is 9.26. The number of likely N-dealkylation sites (tertiary alicyclic amines) is 1. The molecule has 172 valence electrons. The van der Waals surface area contributed by atoms with Gasteiger partial charge < -0.3 is 9.88 Å². The van der Waals surface area contributed by atoms with E-state index in [1.165, 1.54) is 44.5 Å². The number of aromatic amines is 2. The van der Waals surface area contributed by atoms with Crippen molar-refractivity contribution in [1.29, 1.82) is 0 Å². The van der Waals surface area contributed by atoms with Crippen molar-refractivity contribution in [3.63, 3.8) is 0 Å². The number of H-pyrrole nitrogens is 2. The highest BCUT2D eigenvalue weighted by Gasteiger charge is 2.32. The van der Waals surface area contributed by atoms with Crippen molar-refractivity contribution in [1.82, 2.24) is 25.1 Å². The van der Waals surface area contributed by atoms with Crippen LogP contribution in [0.3, 0.4) is 0 Å². The second-order valence-electron chi connectivity index (χ2n) is 10.5. The van der Waals surface area contributed by atoms with Gasteiger partial charge in [-0.1, -0.05) is 25.4 Å². The van der Waals surface area contributed by atoms with E-state index in [4.69, 9.17) is 16.6 Å². The van der Waals surface area contributed by atoms with Gasteiger partial charge in [-0.2, -0.15) is 5.10 Å². The molecule has 0 saturated carbocycles. The maximum absolute atomic E-state index is 6.12. The summed E-state index contributed by atoms with van der Waals surface area (Å²) >= 11 is 6.12. The first kappa shape index (κ1) is 21.0. The molecule has 0 aliphatic carbocycles. The molecule has 2 N–H and O–H groups in total. The Hall–Kier alpha value is -2.57. The Morgan fingerprint density at radius 2 is 1.88 bits per heavy atom. The lowest BCUT2D eigenvalue weighted by atomic mass is 9.83. The summed E-state index contributed by atoms with van der Waals surface area (Å²) in [7, 11) is 0. The topological polar surface area (TPSA) is 63.8 Å². The zero-order valence-electron chi connectivity index (χ0n) is 19.4. The van der Waals surface area contributed by atoms with Gasteiger partial charge in [0, 0.05) is 41.8 Å². The third kappa shape index (κ3) is 4.00. The zero-order valence-corrected chi connectivity index (χ0v) is 20.1. The summed E-state index contributed by atoms with van der Waals surface area (Å²) in [4.78, 5) is 13.6. The van der Waals surface area contributed by atoms with E-state index in [2.05, 4.69) is 57.0 Å². The molecular weight excluding hydrogens is 432 g/mol. The van der Waals surface area contributed by atoms with Crippen LogP contribution in [0.25, 0.3) is 33.5 Å². The first-order chi connectivity index (χ1) is 15.9. The Morgan fingerprint density at radius 1 is 1.03 bits per heavy atom. The number of rotatable bonds is 3. The van der Waals surface area contributed by atoms with Crippen molar-refractivity contribution >= 4 is 39.2 Å². The molecule has 2 fully saturated rings. The van der Waals surface area contributed by atoms with Crippen molar-refractivity contribution in [2.45, 2.75) is 45.6 Å². The molecule has 2 aliphatic rings. The number of halogens is 1. The summed E-state index contributed by atoms with van der Waals surface area (Å²) in [5.74, 6) is 0.780. The standard InChI is InChI=1S/C26H31ClN6/c1-26(2)10-3-11-33(16-26)18-8-12-32(13-9-18)19-5-7-21-23(15-19)29-25(28-21)24-20-6-4-17(27)14-22(20)30-31-24/h4-7,14-15,18H,3,8-13,16H2,1-2H3,(H,28,29)(H,30,31). The molecule has 2 aromatic heterocycles. The van der Waals surface area contributed by atoms with E-state index in [0.717, 1.165) is 52.6 Å². The number of nitrogens with zero attached hydrogens (tertiary/aromatic N) is 4. The van der Waals surface area contributed by atoms with Crippen LogP contribution in [-0.4, -0.2) is 57.3 Å². The maximum Gasteiger partial charge on any atom is 0.159 e. The summed E-state index contributed by atoms with van der Waals surface area (Å²) in [6, 6.07) is 13.1. The highest BCUT2D eigenvalue weighted by molar-refractivity contribution is 6.31. The van der Waals surface area contributed by atoms with Crippen LogP contribution in [0, 0.1) is 5.41 Å². The molecule has 0 radical (unpaired) electrons. The molecule has 0 spiro atoms. The van der Waals surface area contributed by atoms with Crippen molar-refractivity contribution in [2.24, 2.45) is 5.41 Å². The number of anilines is 1. The fraction of sp³-hybridized carbons (Fsp3) is 0.462. The van der Waals surface area contributed by atoms with Crippen molar-refractivity contribution in [3.8, 4) is 11.5 Å². The summed E-state index contributed by atoms with van der Waals surface area (Å²) in [6.45, 7) is 9.57. The number of nitrogens with one attached hydrogen (secondary N) is 2. The Kier molecular flexibility index (Phi) is 5.11. The normalized spacial score (nSPS) is 20.2. The Labute approximate surface area is 199 Å². The minimum Gasteiger partial charge on any atom is -0.371 e. The number of hydrogen-bond acceptors (Lipinski definition) is 4. The van der Waals surface area contributed by atoms with Gasteiger partial charge in [0.25, 0.3) is 0 Å². The summed E-state index contributed by atoms with van der Waals surface area (Å²) < 4.78 is 0. The molecule has 2 aromatic carbocycles. The van der Waals surface area contributed by atoms with Crippen LogP contribution >= 0.6 is 11.6 Å². The lowest BCUT2D eigenvalue weighted by Gasteiger charge is -2.45. The van der Waals surface area contributed by atoms with Gasteiger partial charge >= 0.3 is 0 Å². The highest BCUT2D eigenvalue weighted by atomic mass is 35.5. The predicted octanol–water partition coefficient (Wildman–Crippen LogP) is 5.85. The van der Waals surface area contributed by atoms with Gasteiger partial charge in [0.2, 0.25) is 0 Å². The average molecular weight is 463 g/mol. The lowest BCUT2D eigenvalue weighted by molar-refractivity contribution is 0.0673. The van der Waals surface area contributed by atoms with E-state index >= 15 is 0 Å². The fourth-order valence-electron chi connectivity index (χ4n) is 5.75. The van der Waals surface area contributed by atoms with Gasteiger partial charge in [-0.25, -0.2) is 4.98 Å². The van der Waals surface area contributed by atoms with Crippen LogP contribution in [0.4, 0.5) is 5.69 Å². The first-order valence-electron chi connectivity index (χ1n) is 12.1. The average Bonchev–Trinajstić information content (AvgIpc) is 3.41. The van der Waals surface area contributed by atoms with Gasteiger partial charge in [-0.05, 0) is 74.0 Å². The van der Waals surface area contributed by atoms with Gasteiger partial charge in [0.15, 0.2) is 5.82 Å². The van der Waals surface area contributed by atoms with Gasteiger partial charge in [-0.15, -0.1) is 0 Å². The number of piperidine rings is 2. The zero-order chi connectivity index (χ0) is 22.6. The molecule has 4 heterocycles. The Balaban J connectivity index is 1.20. The third-order valence-electron chi connectivity index (χ3n) is 7.49. The largest absolute Gasteiger partial charge is 0.371 e. The van der Waals surface area contributed by atoms with Crippen LogP contribution in [-0.2, 0) is 0 Å². The smallest absolute Gasteiger partial charge is 0.159 e. The van der Waals surface area contributed by atoms with Gasteiger partial charge in [0.1, 0.15) is 5.69 Å². The molecule has 6 rings (SSSR count). The number of imidazole rings is 1. The number of fused-ring (bicyclic) bond motifs is 2. The van der Waals surface area contributed by atoms with E-state index < -0.39 is 0 Å². The van der Waals surface area contributed by atoms with Crippen LogP contribution in [0.1, 0.15) is 39.5 Å². The highest BCUT2D eigenvalue weighted by Crippen LogP contribution is 2.33. The quantitative estimate of drug-likeness (QED) is 0.400. The van der Waals surface area contributed by atoms with Gasteiger partial charge in [0.05, 0.1) is 16.6 Å². The molecule has 33 heavy (non-hydrogen) atoms. The van der Waals surface area contributed by atoms with Crippen molar-refractivity contribution in [2.75, 3.05) is 31.1 Å². The predicted molar refractivity (Wildman–Crippen MR) is 136 cm³/mol. The minimum atomic E-state index is 0.463. The minimum absolute atomic E-state index is 0.463. The van der Waals surface area contributed by atoms with E-state index in [0.29, 0.717) is 10.4 Å². The lowest BCUT2D eigenvalue weighted by Crippen LogP contribution is -2.50. The van der Waals surface area contributed by atoms with E-state index in [1.54, 1.807) is 0 Å². The molecule has 0 unspecified atom stereocenters. The molecule has 7 heteroatoms. The van der Waals surface area contributed by atoms with Gasteiger partial charge in [-0.3, -0.25) is 10.00 Å². The summed E-state index contributed by atoms with van der Waals surface area (Å²) in [6.07, 6.45) is 5.18. The van der Waals surface area contributed by atoms with Crippen LogP contribution < -0.4 is 4.90 Å². The summed E-state index contributed by atoms with van der Waals surface area (Å²) in [5.41, 5.74) is 5.49. The number of aromatic nitrogens is 4. The number of benzene rings is 2. The monoisotopic (exact) mass is 462 g/mol. The SMILES string of the molecule is CC1(C)CCCN(C2CCN(c3ccc4nc(-c5n[nH]c6cc(Cl)ccc56)[nH]c4c3)CC2)C1. The van der Waals surface area contributed by atoms with Crippen LogP contribution in [0.2, 0.25) is 5.02 Å². The van der Waals surface area contributed by atoms with Crippen molar-refractivity contribution in [3.05, 3.63) is 41.4 Å². The maximum atomic E-state index is 6.12.